The van der Waals surface area contributed by atoms with Crippen LogP contribution in [0.4, 0.5) is 10.2 Å². The molecule has 7 heteroatoms. The number of halogens is 1. The highest BCUT2D eigenvalue weighted by Gasteiger charge is 2.20. The van der Waals surface area contributed by atoms with E-state index in [9.17, 15) is 4.39 Å². The third-order valence-electron chi connectivity index (χ3n) is 5.08. The second-order valence-corrected chi connectivity index (χ2v) is 6.97. The van der Waals surface area contributed by atoms with Crippen molar-refractivity contribution in [1.82, 2.24) is 19.9 Å². The summed E-state index contributed by atoms with van der Waals surface area (Å²) in [6, 6.07) is 6.44. The molecule has 28 heavy (non-hydrogen) atoms. The Hall–Kier alpha value is -3.09. The van der Waals surface area contributed by atoms with Crippen molar-refractivity contribution in [2.24, 2.45) is 0 Å². The number of rotatable bonds is 2. The largest absolute Gasteiger partial charge is 0.491 e. The van der Waals surface area contributed by atoms with Crippen molar-refractivity contribution in [2.45, 2.75) is 38.8 Å². The van der Waals surface area contributed by atoms with Crippen molar-refractivity contribution < 1.29 is 9.13 Å². The number of ether oxygens (including phenoxy) is 1. The number of hydrogen-bond acceptors (Lipinski definition) is 5. The molecule has 0 saturated heterocycles. The van der Waals surface area contributed by atoms with Gasteiger partial charge >= 0.3 is 0 Å². The van der Waals surface area contributed by atoms with E-state index in [-0.39, 0.29) is 17.9 Å². The maximum absolute atomic E-state index is 14.0. The minimum atomic E-state index is -0.285. The SMILES string of the molecule is C=C1N[C@@H](CC)COc2ccc(F)cc2[C@@H](CC)Nc2ccn3ncc1c3n2. The van der Waals surface area contributed by atoms with Crippen LogP contribution in [0.1, 0.15) is 43.9 Å². The topological polar surface area (TPSA) is 63.5 Å². The fourth-order valence-electron chi connectivity index (χ4n) is 3.44. The Labute approximate surface area is 163 Å². The van der Waals surface area contributed by atoms with Crippen molar-refractivity contribution in [3.05, 3.63) is 60.2 Å². The maximum atomic E-state index is 14.0. The highest BCUT2D eigenvalue weighted by Crippen LogP contribution is 2.31. The summed E-state index contributed by atoms with van der Waals surface area (Å²) in [5.41, 5.74) is 3.09. The average Bonchev–Trinajstić information content (AvgIpc) is 3.12. The molecule has 0 fully saturated rings. The van der Waals surface area contributed by atoms with Gasteiger partial charge in [-0.2, -0.15) is 5.10 Å². The summed E-state index contributed by atoms with van der Waals surface area (Å²) in [7, 11) is 0. The predicted molar refractivity (Wildman–Crippen MR) is 108 cm³/mol. The van der Waals surface area contributed by atoms with Gasteiger partial charge in [0.05, 0.1) is 23.8 Å². The Balaban J connectivity index is 1.84. The van der Waals surface area contributed by atoms with Crippen LogP contribution in [0, 0.1) is 5.82 Å². The highest BCUT2D eigenvalue weighted by atomic mass is 19.1. The molecule has 0 amide bonds. The molecule has 2 atom stereocenters. The first-order valence-corrected chi connectivity index (χ1v) is 9.58. The average molecular weight is 381 g/mol. The molecule has 2 N–H and O–H groups in total. The van der Waals surface area contributed by atoms with E-state index in [1.807, 2.05) is 19.2 Å². The van der Waals surface area contributed by atoms with Crippen LogP contribution >= 0.6 is 0 Å². The first kappa shape index (κ1) is 18.3. The molecule has 1 aromatic carbocycles. The zero-order valence-corrected chi connectivity index (χ0v) is 16.1. The van der Waals surface area contributed by atoms with E-state index in [0.717, 1.165) is 29.7 Å². The Morgan fingerprint density at radius 2 is 2.11 bits per heavy atom. The van der Waals surface area contributed by atoms with Crippen LogP contribution in [0.25, 0.3) is 11.3 Å². The van der Waals surface area contributed by atoms with E-state index in [1.54, 1.807) is 16.8 Å². The fraction of sp³-hybridized carbons (Fsp3) is 0.333. The van der Waals surface area contributed by atoms with Crippen molar-refractivity contribution in [3.63, 3.8) is 0 Å². The molecule has 2 aromatic heterocycles. The van der Waals surface area contributed by atoms with E-state index < -0.39 is 0 Å². The molecule has 3 heterocycles. The summed E-state index contributed by atoms with van der Waals surface area (Å²) in [6.45, 7) is 8.75. The third-order valence-corrected chi connectivity index (χ3v) is 5.08. The molecule has 1 aliphatic rings. The lowest BCUT2D eigenvalue weighted by molar-refractivity contribution is 0.269. The molecule has 6 nitrogen and oxygen atoms in total. The van der Waals surface area contributed by atoms with Crippen LogP contribution in [0.15, 0.2) is 43.2 Å². The summed E-state index contributed by atoms with van der Waals surface area (Å²) in [6.07, 6.45) is 5.22. The lowest BCUT2D eigenvalue weighted by Crippen LogP contribution is -2.32. The van der Waals surface area contributed by atoms with Crippen LogP contribution in [0.3, 0.4) is 0 Å². The molecular weight excluding hydrogens is 357 g/mol. The molecule has 0 unspecified atom stereocenters. The molecule has 1 aliphatic heterocycles. The minimum Gasteiger partial charge on any atom is -0.491 e. The molecule has 0 radical (unpaired) electrons. The van der Waals surface area contributed by atoms with E-state index in [1.165, 1.54) is 12.1 Å². The number of nitrogens with zero attached hydrogens (tertiary/aromatic N) is 3. The lowest BCUT2D eigenvalue weighted by atomic mass is 10.0. The van der Waals surface area contributed by atoms with Crippen molar-refractivity contribution in [1.29, 1.82) is 0 Å². The summed E-state index contributed by atoms with van der Waals surface area (Å²) in [4.78, 5) is 4.73. The minimum absolute atomic E-state index is 0.0531. The Kier molecular flexibility index (Phi) is 4.90. The third kappa shape index (κ3) is 3.40. The number of fused-ring (bicyclic) bond motifs is 2. The van der Waals surface area contributed by atoms with E-state index in [0.29, 0.717) is 23.8 Å². The van der Waals surface area contributed by atoms with Crippen molar-refractivity contribution in [2.75, 3.05) is 11.9 Å². The van der Waals surface area contributed by atoms with Crippen molar-refractivity contribution in [3.8, 4) is 5.75 Å². The van der Waals surface area contributed by atoms with Crippen LogP contribution < -0.4 is 15.4 Å². The maximum Gasteiger partial charge on any atom is 0.166 e. The Morgan fingerprint density at radius 1 is 1.25 bits per heavy atom. The van der Waals surface area contributed by atoms with Gasteiger partial charge in [-0.25, -0.2) is 13.9 Å². The molecule has 2 bridgehead atoms. The molecule has 0 saturated carbocycles. The summed E-state index contributed by atoms with van der Waals surface area (Å²) in [5.74, 6) is 1.08. The second kappa shape index (κ2) is 7.50. The van der Waals surface area contributed by atoms with E-state index >= 15 is 0 Å². The lowest BCUT2D eigenvalue weighted by Gasteiger charge is -2.23. The molecule has 0 spiro atoms. The molecular formula is C21H24FN5O. The van der Waals surface area contributed by atoms with Crippen LogP contribution in [-0.2, 0) is 0 Å². The molecule has 146 valence electrons. The summed E-state index contributed by atoms with van der Waals surface area (Å²) < 4.78 is 21.8. The monoisotopic (exact) mass is 381 g/mol. The van der Waals surface area contributed by atoms with Gasteiger partial charge < -0.3 is 15.4 Å². The molecule has 3 aromatic rings. The van der Waals surface area contributed by atoms with Gasteiger partial charge in [-0.05, 0) is 37.1 Å². The molecule has 4 rings (SSSR count). The van der Waals surface area contributed by atoms with Gasteiger partial charge in [0.2, 0.25) is 0 Å². The van der Waals surface area contributed by atoms with Gasteiger partial charge in [0.15, 0.2) is 5.65 Å². The zero-order chi connectivity index (χ0) is 19.7. The second-order valence-electron chi connectivity index (χ2n) is 6.97. The zero-order valence-electron chi connectivity index (χ0n) is 16.1. The van der Waals surface area contributed by atoms with Crippen LogP contribution in [0.5, 0.6) is 5.75 Å². The van der Waals surface area contributed by atoms with Gasteiger partial charge in [0, 0.05) is 17.5 Å². The van der Waals surface area contributed by atoms with Crippen LogP contribution in [-0.4, -0.2) is 27.2 Å². The number of hydrogen-bond donors (Lipinski definition) is 2. The van der Waals surface area contributed by atoms with Gasteiger partial charge in [0.1, 0.15) is 24.0 Å². The predicted octanol–water partition coefficient (Wildman–Crippen LogP) is 4.16. The Morgan fingerprint density at radius 3 is 2.89 bits per heavy atom. The standard InChI is InChI=1S/C21H24FN5O/c1-4-15-12-28-19-7-6-14(22)10-16(19)18(5-2)25-20-8-9-27-21(26-20)17(11-23-27)13(3)24-15/h6-11,15,18,24H,3-5,12H2,1-2H3,(H,25,26)/t15-,18+/m0/s1. The smallest absolute Gasteiger partial charge is 0.166 e. The van der Waals surface area contributed by atoms with Gasteiger partial charge in [-0.15, -0.1) is 0 Å². The first-order valence-electron chi connectivity index (χ1n) is 9.58. The van der Waals surface area contributed by atoms with Crippen LogP contribution in [0.2, 0.25) is 0 Å². The van der Waals surface area contributed by atoms with E-state index in [4.69, 9.17) is 9.72 Å². The van der Waals surface area contributed by atoms with Gasteiger partial charge in [-0.3, -0.25) is 0 Å². The number of nitrogens with one attached hydrogen (secondary N) is 2. The fourth-order valence-corrected chi connectivity index (χ4v) is 3.44. The van der Waals surface area contributed by atoms with E-state index in [2.05, 4.69) is 29.2 Å². The molecule has 0 aliphatic carbocycles. The number of benzene rings is 1. The summed E-state index contributed by atoms with van der Waals surface area (Å²) >= 11 is 0. The van der Waals surface area contributed by atoms with Crippen molar-refractivity contribution >= 4 is 17.2 Å². The van der Waals surface area contributed by atoms with Gasteiger partial charge in [0.25, 0.3) is 0 Å². The number of anilines is 1. The first-order chi connectivity index (χ1) is 13.6. The van der Waals surface area contributed by atoms with Gasteiger partial charge in [-0.1, -0.05) is 20.4 Å². The number of aromatic nitrogens is 3. The normalized spacial score (nSPS) is 19.6. The summed E-state index contributed by atoms with van der Waals surface area (Å²) in [5, 5.41) is 11.2. The Bertz CT molecular complexity index is 1020. The quantitative estimate of drug-likeness (QED) is 0.698. The highest BCUT2D eigenvalue weighted by molar-refractivity contribution is 5.74.